The Balaban J connectivity index is 1.81. The molecule has 0 amide bonds. The number of rotatable bonds is 4. The molecule has 0 bridgehead atoms. The van der Waals surface area contributed by atoms with E-state index in [1.807, 2.05) is 13.1 Å². The highest BCUT2D eigenvalue weighted by Gasteiger charge is 2.08. The fourth-order valence-electron chi connectivity index (χ4n) is 2.61. The number of anilines is 1. The summed E-state index contributed by atoms with van der Waals surface area (Å²) in [6, 6.07) is 12.5. The van der Waals surface area contributed by atoms with Gasteiger partial charge in [0.05, 0.1) is 11.9 Å². The molecule has 4 heteroatoms. The van der Waals surface area contributed by atoms with Gasteiger partial charge in [-0.15, -0.1) is 0 Å². The molecule has 3 aromatic rings. The molecule has 2 aromatic heterocycles. The van der Waals surface area contributed by atoms with Gasteiger partial charge in [-0.05, 0) is 44.5 Å². The maximum absolute atomic E-state index is 4.51. The first-order chi connectivity index (χ1) is 10.6. The number of aryl methyl sites for hydroxylation is 3. The highest BCUT2D eigenvalue weighted by atomic mass is 15.1. The molecule has 0 atom stereocenters. The van der Waals surface area contributed by atoms with Crippen LogP contribution in [0.15, 0.2) is 42.6 Å². The highest BCUT2D eigenvalue weighted by Crippen LogP contribution is 2.22. The van der Waals surface area contributed by atoms with Gasteiger partial charge in [-0.3, -0.25) is 5.10 Å². The number of aromatic nitrogens is 3. The number of nitrogens with zero attached hydrogens (tertiary/aromatic N) is 2. The summed E-state index contributed by atoms with van der Waals surface area (Å²) < 4.78 is 0. The maximum Gasteiger partial charge on any atom is 0.126 e. The van der Waals surface area contributed by atoms with Crippen molar-refractivity contribution in [2.75, 3.05) is 5.32 Å². The smallest absolute Gasteiger partial charge is 0.126 e. The molecule has 2 heterocycles. The fraction of sp³-hybridized carbons (Fsp3) is 0.222. The Kier molecular flexibility index (Phi) is 3.92. The minimum atomic E-state index is 0.690. The first-order valence-corrected chi connectivity index (χ1v) is 7.40. The van der Waals surface area contributed by atoms with Gasteiger partial charge in [0.15, 0.2) is 0 Å². The van der Waals surface area contributed by atoms with Gasteiger partial charge >= 0.3 is 0 Å². The Morgan fingerprint density at radius 3 is 2.68 bits per heavy atom. The third-order valence-electron chi connectivity index (χ3n) is 3.58. The van der Waals surface area contributed by atoms with E-state index in [0.717, 1.165) is 28.3 Å². The number of benzene rings is 1. The zero-order chi connectivity index (χ0) is 15.5. The second kappa shape index (κ2) is 6.02. The summed E-state index contributed by atoms with van der Waals surface area (Å²) in [5.74, 6) is 0.897. The average molecular weight is 292 g/mol. The predicted octanol–water partition coefficient (Wildman–Crippen LogP) is 4.01. The summed E-state index contributed by atoms with van der Waals surface area (Å²) in [5, 5.41) is 10.7. The van der Waals surface area contributed by atoms with Crippen LogP contribution in [0.5, 0.6) is 0 Å². The first-order valence-electron chi connectivity index (χ1n) is 7.40. The third kappa shape index (κ3) is 3.17. The van der Waals surface area contributed by atoms with Crippen molar-refractivity contribution < 1.29 is 0 Å². The first kappa shape index (κ1) is 14.3. The van der Waals surface area contributed by atoms with E-state index in [2.05, 4.69) is 70.7 Å². The minimum Gasteiger partial charge on any atom is -0.366 e. The second-order valence-electron chi connectivity index (χ2n) is 5.66. The lowest BCUT2D eigenvalue weighted by Crippen LogP contribution is -2.03. The van der Waals surface area contributed by atoms with Crippen LogP contribution >= 0.6 is 0 Å². The van der Waals surface area contributed by atoms with E-state index in [9.17, 15) is 0 Å². The number of nitrogens with one attached hydrogen (secondary N) is 2. The molecule has 0 spiro atoms. The Morgan fingerprint density at radius 2 is 1.91 bits per heavy atom. The van der Waals surface area contributed by atoms with Crippen LogP contribution in [0.25, 0.3) is 11.3 Å². The van der Waals surface area contributed by atoms with Crippen LogP contribution in [0.3, 0.4) is 0 Å². The molecule has 3 rings (SSSR count). The van der Waals surface area contributed by atoms with Crippen LogP contribution in [0.4, 0.5) is 5.82 Å². The van der Waals surface area contributed by atoms with Gasteiger partial charge in [0.2, 0.25) is 0 Å². The lowest BCUT2D eigenvalue weighted by Gasteiger charge is -2.08. The third-order valence-corrected chi connectivity index (χ3v) is 3.58. The lowest BCUT2D eigenvalue weighted by molar-refractivity contribution is 1.08. The monoisotopic (exact) mass is 292 g/mol. The van der Waals surface area contributed by atoms with Crippen molar-refractivity contribution in [2.45, 2.75) is 27.3 Å². The summed E-state index contributed by atoms with van der Waals surface area (Å²) in [6.07, 6.45) is 1.87. The number of hydrogen-bond acceptors (Lipinski definition) is 3. The van der Waals surface area contributed by atoms with Crippen LogP contribution in [0, 0.1) is 20.8 Å². The molecule has 0 saturated carbocycles. The Hall–Kier alpha value is -2.62. The predicted molar refractivity (Wildman–Crippen MR) is 89.8 cm³/mol. The van der Waals surface area contributed by atoms with Gasteiger partial charge in [-0.2, -0.15) is 5.10 Å². The molecule has 1 aromatic carbocycles. The summed E-state index contributed by atoms with van der Waals surface area (Å²) in [5.41, 5.74) is 6.81. The van der Waals surface area contributed by atoms with Gasteiger partial charge in [0, 0.05) is 23.4 Å². The zero-order valence-electron chi connectivity index (χ0n) is 13.1. The van der Waals surface area contributed by atoms with Crippen molar-refractivity contribution in [3.05, 3.63) is 65.0 Å². The SMILES string of the molecule is Cc1cccc(-c2[nH]ncc2CNc2cc(C)cc(C)n2)c1. The summed E-state index contributed by atoms with van der Waals surface area (Å²) >= 11 is 0. The Morgan fingerprint density at radius 1 is 1.05 bits per heavy atom. The summed E-state index contributed by atoms with van der Waals surface area (Å²) in [6.45, 7) is 6.87. The van der Waals surface area contributed by atoms with E-state index in [1.54, 1.807) is 0 Å². The topological polar surface area (TPSA) is 53.6 Å². The molecule has 112 valence electrons. The zero-order valence-corrected chi connectivity index (χ0v) is 13.1. The standard InChI is InChI=1S/C18H20N4/c1-12-5-4-6-15(8-12)18-16(11-20-22-18)10-19-17-9-13(2)7-14(3)21-17/h4-9,11H,10H2,1-3H3,(H,19,21)(H,20,22). The number of hydrogen-bond donors (Lipinski definition) is 2. The molecule has 2 N–H and O–H groups in total. The summed E-state index contributed by atoms with van der Waals surface area (Å²) in [7, 11) is 0. The van der Waals surface area contributed by atoms with E-state index < -0.39 is 0 Å². The van der Waals surface area contributed by atoms with Gasteiger partial charge in [-0.25, -0.2) is 4.98 Å². The van der Waals surface area contributed by atoms with Gasteiger partial charge in [0.25, 0.3) is 0 Å². The fourth-order valence-corrected chi connectivity index (χ4v) is 2.61. The Bertz CT molecular complexity index is 769. The molecule has 0 saturated heterocycles. The van der Waals surface area contributed by atoms with Gasteiger partial charge in [-0.1, -0.05) is 23.8 Å². The van der Waals surface area contributed by atoms with Gasteiger partial charge in [0.1, 0.15) is 5.82 Å². The molecular weight excluding hydrogens is 272 g/mol. The quantitative estimate of drug-likeness (QED) is 0.764. The molecule has 4 nitrogen and oxygen atoms in total. The lowest BCUT2D eigenvalue weighted by atomic mass is 10.1. The van der Waals surface area contributed by atoms with E-state index >= 15 is 0 Å². The largest absolute Gasteiger partial charge is 0.366 e. The molecule has 0 unspecified atom stereocenters. The van der Waals surface area contributed by atoms with Crippen molar-refractivity contribution in [3.63, 3.8) is 0 Å². The average Bonchev–Trinajstić information content (AvgIpc) is 2.92. The van der Waals surface area contributed by atoms with E-state index in [0.29, 0.717) is 6.54 Å². The number of H-pyrrole nitrogens is 1. The van der Waals surface area contributed by atoms with Crippen molar-refractivity contribution in [3.8, 4) is 11.3 Å². The van der Waals surface area contributed by atoms with Crippen LogP contribution in [-0.4, -0.2) is 15.2 Å². The molecule has 22 heavy (non-hydrogen) atoms. The van der Waals surface area contributed by atoms with E-state index in [1.165, 1.54) is 11.1 Å². The van der Waals surface area contributed by atoms with Crippen molar-refractivity contribution in [2.24, 2.45) is 0 Å². The van der Waals surface area contributed by atoms with Crippen molar-refractivity contribution in [1.29, 1.82) is 0 Å². The number of pyridine rings is 1. The summed E-state index contributed by atoms with van der Waals surface area (Å²) in [4.78, 5) is 4.51. The maximum atomic E-state index is 4.51. The van der Waals surface area contributed by atoms with E-state index in [4.69, 9.17) is 0 Å². The normalized spacial score (nSPS) is 10.7. The second-order valence-corrected chi connectivity index (χ2v) is 5.66. The van der Waals surface area contributed by atoms with Crippen molar-refractivity contribution in [1.82, 2.24) is 15.2 Å². The van der Waals surface area contributed by atoms with Gasteiger partial charge < -0.3 is 5.32 Å². The molecule has 0 fully saturated rings. The van der Waals surface area contributed by atoms with Crippen molar-refractivity contribution >= 4 is 5.82 Å². The molecule has 0 aliphatic rings. The molecule has 0 radical (unpaired) electrons. The van der Waals surface area contributed by atoms with Crippen LogP contribution in [0.1, 0.15) is 22.4 Å². The molecule has 0 aliphatic heterocycles. The Labute approximate surface area is 130 Å². The highest BCUT2D eigenvalue weighted by molar-refractivity contribution is 5.63. The van der Waals surface area contributed by atoms with Crippen LogP contribution < -0.4 is 5.32 Å². The van der Waals surface area contributed by atoms with Crippen LogP contribution in [0.2, 0.25) is 0 Å². The number of aromatic amines is 1. The molecule has 0 aliphatic carbocycles. The minimum absolute atomic E-state index is 0.690. The molecular formula is C18H20N4. The van der Waals surface area contributed by atoms with Crippen LogP contribution in [-0.2, 0) is 6.54 Å². The van der Waals surface area contributed by atoms with E-state index in [-0.39, 0.29) is 0 Å².